The summed E-state index contributed by atoms with van der Waals surface area (Å²) in [5.74, 6) is 1.69. The second-order valence-electron chi connectivity index (χ2n) is 3.75. The van der Waals surface area contributed by atoms with Crippen molar-refractivity contribution in [3.63, 3.8) is 0 Å². The molecule has 1 saturated heterocycles. The second-order valence-corrected chi connectivity index (χ2v) is 5.04. The predicted molar refractivity (Wildman–Crippen MR) is 61.7 cm³/mol. The Kier molecular flexibility index (Phi) is 4.31. The first-order chi connectivity index (χ1) is 6.56. The van der Waals surface area contributed by atoms with Gasteiger partial charge in [-0.1, -0.05) is 25.6 Å². The summed E-state index contributed by atoms with van der Waals surface area (Å²) in [5.41, 5.74) is 0. The number of amides is 2. The fraction of sp³-hybridized carbons (Fsp3) is 0.778. The van der Waals surface area contributed by atoms with Crippen molar-refractivity contribution in [2.75, 3.05) is 18.1 Å². The number of rotatable bonds is 4. The molecular formula is C9H15NO2S2. The minimum atomic E-state index is -0.109. The zero-order valence-corrected chi connectivity index (χ0v) is 10.1. The van der Waals surface area contributed by atoms with Crippen molar-refractivity contribution < 1.29 is 9.59 Å². The van der Waals surface area contributed by atoms with Crippen LogP contribution in [0, 0.1) is 11.8 Å². The lowest BCUT2D eigenvalue weighted by atomic mass is 9.97. The maximum Gasteiger partial charge on any atom is 0.288 e. The van der Waals surface area contributed by atoms with Crippen LogP contribution in [0.15, 0.2) is 0 Å². The van der Waals surface area contributed by atoms with Crippen molar-refractivity contribution in [2.45, 2.75) is 13.8 Å². The third kappa shape index (κ3) is 2.67. The maximum absolute atomic E-state index is 11.3. The van der Waals surface area contributed by atoms with Crippen LogP contribution in [0.25, 0.3) is 0 Å². The number of nitrogens with zero attached hydrogens (tertiary/aromatic N) is 1. The van der Waals surface area contributed by atoms with E-state index in [4.69, 9.17) is 0 Å². The summed E-state index contributed by atoms with van der Waals surface area (Å²) in [5, 5.41) is -0.109. The first kappa shape index (κ1) is 11.9. The summed E-state index contributed by atoms with van der Waals surface area (Å²) in [4.78, 5) is 24.0. The van der Waals surface area contributed by atoms with Gasteiger partial charge in [-0.3, -0.25) is 14.5 Å². The van der Waals surface area contributed by atoms with Gasteiger partial charge < -0.3 is 0 Å². The Bertz CT molecular complexity index is 227. The third-order valence-corrected chi connectivity index (χ3v) is 3.76. The number of imide groups is 1. The minimum Gasteiger partial charge on any atom is -0.273 e. The van der Waals surface area contributed by atoms with Crippen LogP contribution in [0.4, 0.5) is 4.79 Å². The molecule has 80 valence electrons. The van der Waals surface area contributed by atoms with Gasteiger partial charge in [0.25, 0.3) is 5.24 Å². The molecule has 0 N–H and O–H groups in total. The molecule has 0 aromatic heterocycles. The molecule has 5 heteroatoms. The largest absolute Gasteiger partial charge is 0.288 e. The molecule has 1 atom stereocenters. The van der Waals surface area contributed by atoms with Crippen LogP contribution < -0.4 is 0 Å². The molecule has 1 rings (SSSR count). The highest BCUT2D eigenvalue weighted by atomic mass is 32.2. The van der Waals surface area contributed by atoms with Crippen molar-refractivity contribution >= 4 is 35.5 Å². The Morgan fingerprint density at radius 3 is 2.50 bits per heavy atom. The Labute approximate surface area is 94.0 Å². The van der Waals surface area contributed by atoms with E-state index in [1.54, 1.807) is 0 Å². The van der Waals surface area contributed by atoms with E-state index in [0.717, 1.165) is 11.8 Å². The minimum absolute atomic E-state index is 0.0626. The zero-order chi connectivity index (χ0) is 10.7. The fourth-order valence-electron chi connectivity index (χ4n) is 1.27. The van der Waals surface area contributed by atoms with Gasteiger partial charge >= 0.3 is 0 Å². The summed E-state index contributed by atoms with van der Waals surface area (Å²) in [6.07, 6.45) is 0. The van der Waals surface area contributed by atoms with E-state index in [-0.39, 0.29) is 11.1 Å². The van der Waals surface area contributed by atoms with Crippen molar-refractivity contribution in [1.29, 1.82) is 0 Å². The molecule has 1 aliphatic rings. The smallest absolute Gasteiger partial charge is 0.273 e. The Hall–Kier alpha value is -0.160. The number of thiol groups is 1. The van der Waals surface area contributed by atoms with E-state index in [9.17, 15) is 9.59 Å². The van der Waals surface area contributed by atoms with Gasteiger partial charge in [0, 0.05) is 6.54 Å². The summed E-state index contributed by atoms with van der Waals surface area (Å²) in [6, 6.07) is 0. The molecule has 1 heterocycles. The second kappa shape index (κ2) is 5.07. The normalized spacial score (nSPS) is 19.6. The topological polar surface area (TPSA) is 37.4 Å². The Balaban J connectivity index is 2.57. The van der Waals surface area contributed by atoms with Gasteiger partial charge in [-0.15, -0.1) is 0 Å². The first-order valence-corrected chi connectivity index (χ1v) is 6.26. The van der Waals surface area contributed by atoms with Crippen molar-refractivity contribution in [2.24, 2.45) is 11.8 Å². The van der Waals surface area contributed by atoms with E-state index < -0.39 is 0 Å². The fourth-order valence-corrected chi connectivity index (χ4v) is 2.54. The van der Waals surface area contributed by atoms with Crippen molar-refractivity contribution in [3.05, 3.63) is 0 Å². The lowest BCUT2D eigenvalue weighted by Gasteiger charge is -2.23. The average Bonchev–Trinajstić information content (AvgIpc) is 2.43. The highest BCUT2D eigenvalue weighted by Crippen LogP contribution is 2.22. The highest BCUT2D eigenvalue weighted by Gasteiger charge is 2.31. The van der Waals surface area contributed by atoms with Gasteiger partial charge in [-0.25, -0.2) is 0 Å². The van der Waals surface area contributed by atoms with E-state index in [0.29, 0.717) is 29.9 Å². The standard InChI is InChI=1S/C9H15NO2S2/c1-6(2)7(4-13)3-10-8(11)5-14-9(10)12/h6-7,13H,3-5H2,1-2H3. The van der Waals surface area contributed by atoms with Crippen LogP contribution in [-0.4, -0.2) is 34.1 Å². The molecule has 3 nitrogen and oxygen atoms in total. The van der Waals surface area contributed by atoms with E-state index in [2.05, 4.69) is 26.5 Å². The number of hydrogen-bond donors (Lipinski definition) is 1. The molecule has 1 aliphatic heterocycles. The van der Waals surface area contributed by atoms with Crippen molar-refractivity contribution in [3.8, 4) is 0 Å². The third-order valence-electron chi connectivity index (χ3n) is 2.43. The molecular weight excluding hydrogens is 218 g/mol. The quantitative estimate of drug-likeness (QED) is 0.753. The molecule has 0 aromatic rings. The van der Waals surface area contributed by atoms with Crippen LogP contribution in [0.1, 0.15) is 13.8 Å². The summed E-state index contributed by atoms with van der Waals surface area (Å²) < 4.78 is 0. The summed E-state index contributed by atoms with van der Waals surface area (Å²) >= 11 is 5.32. The number of thioether (sulfide) groups is 1. The molecule has 1 unspecified atom stereocenters. The van der Waals surface area contributed by atoms with Gasteiger partial charge in [0.05, 0.1) is 5.75 Å². The summed E-state index contributed by atoms with van der Waals surface area (Å²) in [7, 11) is 0. The number of carbonyl (C=O) groups excluding carboxylic acids is 2. The molecule has 0 spiro atoms. The van der Waals surface area contributed by atoms with Crippen molar-refractivity contribution in [1.82, 2.24) is 4.90 Å². The van der Waals surface area contributed by atoms with E-state index in [1.165, 1.54) is 4.90 Å². The molecule has 0 aromatic carbocycles. The number of carbonyl (C=O) groups is 2. The van der Waals surface area contributed by atoms with Gasteiger partial charge in [0.15, 0.2) is 0 Å². The molecule has 0 radical (unpaired) electrons. The first-order valence-electron chi connectivity index (χ1n) is 4.64. The highest BCUT2D eigenvalue weighted by molar-refractivity contribution is 8.14. The Morgan fingerprint density at radius 1 is 1.50 bits per heavy atom. The maximum atomic E-state index is 11.3. The van der Waals surface area contributed by atoms with Gasteiger partial charge in [-0.2, -0.15) is 12.6 Å². The average molecular weight is 233 g/mol. The van der Waals surface area contributed by atoms with Crippen LogP contribution in [0.2, 0.25) is 0 Å². The lowest BCUT2D eigenvalue weighted by molar-refractivity contribution is -0.125. The molecule has 0 aliphatic carbocycles. The molecule has 1 fully saturated rings. The molecule has 0 bridgehead atoms. The molecule has 2 amide bonds. The monoisotopic (exact) mass is 233 g/mol. The Morgan fingerprint density at radius 2 is 2.14 bits per heavy atom. The summed E-state index contributed by atoms with van der Waals surface area (Å²) in [6.45, 7) is 4.68. The van der Waals surface area contributed by atoms with Crippen LogP contribution in [-0.2, 0) is 4.79 Å². The molecule has 14 heavy (non-hydrogen) atoms. The van der Waals surface area contributed by atoms with Gasteiger partial charge in [0.2, 0.25) is 5.91 Å². The van der Waals surface area contributed by atoms with Crippen LogP contribution in [0.3, 0.4) is 0 Å². The van der Waals surface area contributed by atoms with E-state index >= 15 is 0 Å². The predicted octanol–water partition coefficient (Wildman–Crippen LogP) is 1.88. The van der Waals surface area contributed by atoms with Crippen LogP contribution in [0.5, 0.6) is 0 Å². The van der Waals surface area contributed by atoms with E-state index in [1.807, 2.05) is 0 Å². The number of hydrogen-bond acceptors (Lipinski definition) is 4. The van der Waals surface area contributed by atoms with Crippen LogP contribution >= 0.6 is 24.4 Å². The van der Waals surface area contributed by atoms with Gasteiger partial charge in [0.1, 0.15) is 0 Å². The SMILES string of the molecule is CC(C)C(CS)CN1C(=O)CSC1=O. The van der Waals surface area contributed by atoms with Gasteiger partial charge in [-0.05, 0) is 17.6 Å². The zero-order valence-electron chi connectivity index (χ0n) is 8.40. The molecule has 0 saturated carbocycles. The lowest BCUT2D eigenvalue weighted by Crippen LogP contribution is -2.36.